The van der Waals surface area contributed by atoms with E-state index in [4.69, 9.17) is 11.6 Å². The number of fused-ring (bicyclic) bond motifs is 1. The number of halogens is 1. The zero-order valence-corrected chi connectivity index (χ0v) is 17.4. The summed E-state index contributed by atoms with van der Waals surface area (Å²) in [5.74, 6) is -0.845. The Labute approximate surface area is 184 Å². The van der Waals surface area contributed by atoms with Crippen LogP contribution in [0.1, 0.15) is 48.9 Å². The van der Waals surface area contributed by atoms with Crippen LogP contribution in [0.3, 0.4) is 0 Å². The fourth-order valence-electron chi connectivity index (χ4n) is 3.72. The predicted octanol–water partition coefficient (Wildman–Crippen LogP) is 2.94. The average molecular weight is 439 g/mol. The van der Waals surface area contributed by atoms with E-state index >= 15 is 0 Å². The van der Waals surface area contributed by atoms with Gasteiger partial charge in [-0.25, -0.2) is 4.68 Å². The molecule has 1 aliphatic rings. The lowest BCUT2D eigenvalue weighted by Crippen LogP contribution is -2.28. The molecule has 0 aliphatic carbocycles. The number of nitrogens with zero attached hydrogens (tertiary/aromatic N) is 3. The topological polar surface area (TPSA) is 112 Å². The van der Waals surface area contributed by atoms with Gasteiger partial charge in [-0.2, -0.15) is 4.98 Å². The molecule has 0 saturated carbocycles. The van der Waals surface area contributed by atoms with E-state index in [-0.39, 0.29) is 43.2 Å². The summed E-state index contributed by atoms with van der Waals surface area (Å²) in [6.45, 7) is 0. The second-order valence-electron chi connectivity index (χ2n) is 7.36. The maximum absolute atomic E-state index is 12.1. The molecule has 0 bridgehead atoms. The van der Waals surface area contributed by atoms with Gasteiger partial charge in [-0.15, -0.1) is 5.10 Å². The van der Waals surface area contributed by atoms with Gasteiger partial charge in [0.1, 0.15) is 0 Å². The molecule has 0 saturated heterocycles. The minimum Gasteiger partial charge on any atom is -0.550 e. The van der Waals surface area contributed by atoms with Gasteiger partial charge in [-0.05, 0) is 36.5 Å². The van der Waals surface area contributed by atoms with Gasteiger partial charge in [0.05, 0.1) is 12.1 Å². The second kappa shape index (κ2) is 9.18. The van der Waals surface area contributed by atoms with Crippen LogP contribution in [-0.4, -0.2) is 26.6 Å². The van der Waals surface area contributed by atoms with Gasteiger partial charge in [-0.1, -0.05) is 60.1 Å². The number of nitrogens with one attached hydrogen (secondary N) is 2. The molecular weight excluding hydrogens is 418 g/mol. The van der Waals surface area contributed by atoms with E-state index in [0.29, 0.717) is 17.4 Å². The number of benzene rings is 2. The number of anilines is 2. The molecule has 2 N–H and O–H groups in total. The van der Waals surface area contributed by atoms with Crippen LogP contribution >= 0.6 is 11.6 Å². The lowest BCUT2D eigenvalue weighted by atomic mass is 9.93. The van der Waals surface area contributed by atoms with E-state index in [9.17, 15) is 14.7 Å². The van der Waals surface area contributed by atoms with Crippen LogP contribution in [0.4, 0.5) is 11.9 Å². The van der Waals surface area contributed by atoms with Crippen molar-refractivity contribution in [2.45, 2.75) is 37.8 Å². The Morgan fingerprint density at radius 2 is 1.87 bits per heavy atom. The van der Waals surface area contributed by atoms with Crippen molar-refractivity contribution in [3.63, 3.8) is 0 Å². The molecule has 2 heterocycles. The second-order valence-corrected chi connectivity index (χ2v) is 7.77. The van der Waals surface area contributed by atoms with Crippen LogP contribution in [0, 0.1) is 0 Å². The number of aromatic nitrogens is 3. The molecule has 31 heavy (non-hydrogen) atoms. The van der Waals surface area contributed by atoms with Gasteiger partial charge in [0, 0.05) is 17.4 Å². The summed E-state index contributed by atoms with van der Waals surface area (Å²) in [4.78, 5) is 27.1. The molecule has 1 aliphatic heterocycles. The molecule has 9 heteroatoms. The highest BCUT2D eigenvalue weighted by Gasteiger charge is 2.32. The first kappa shape index (κ1) is 20.9. The number of amides is 1. The Balaban J connectivity index is 1.61. The van der Waals surface area contributed by atoms with Gasteiger partial charge < -0.3 is 15.2 Å². The summed E-state index contributed by atoms with van der Waals surface area (Å²) in [6, 6.07) is 17.5. The molecule has 1 aromatic heterocycles. The summed E-state index contributed by atoms with van der Waals surface area (Å²) >= 11 is 6.49. The number of hydrogen-bond donors (Lipinski definition) is 2. The Morgan fingerprint density at radius 1 is 1.13 bits per heavy atom. The number of rotatable bonds is 7. The van der Waals surface area contributed by atoms with Crippen LogP contribution in [0.2, 0.25) is 5.02 Å². The van der Waals surface area contributed by atoms with Gasteiger partial charge in [0.2, 0.25) is 11.9 Å². The zero-order chi connectivity index (χ0) is 21.8. The van der Waals surface area contributed by atoms with Crippen LogP contribution in [0.15, 0.2) is 54.6 Å². The van der Waals surface area contributed by atoms with Crippen molar-refractivity contribution >= 4 is 35.4 Å². The molecular formula is C22H21ClN5O3-. The fourth-order valence-corrected chi connectivity index (χ4v) is 3.98. The van der Waals surface area contributed by atoms with E-state index in [0.717, 1.165) is 11.1 Å². The average Bonchev–Trinajstić information content (AvgIpc) is 3.16. The molecule has 3 aromatic rings. The molecule has 8 nitrogen and oxygen atoms in total. The summed E-state index contributed by atoms with van der Waals surface area (Å²) < 4.78 is 1.73. The normalized spacial score (nSPS) is 17.5. The summed E-state index contributed by atoms with van der Waals surface area (Å²) in [6.07, 6.45) is 0.767. The molecule has 4 rings (SSSR count). The Bertz CT molecular complexity index is 1090. The van der Waals surface area contributed by atoms with Crippen molar-refractivity contribution in [2.75, 3.05) is 10.6 Å². The molecule has 160 valence electrons. The number of carbonyl (C=O) groups excluding carboxylic acids is 2. The summed E-state index contributed by atoms with van der Waals surface area (Å²) in [7, 11) is 0. The first-order chi connectivity index (χ1) is 15.0. The van der Waals surface area contributed by atoms with E-state index in [1.54, 1.807) is 4.68 Å². The first-order valence-electron chi connectivity index (χ1n) is 10.0. The lowest BCUT2D eigenvalue weighted by molar-refractivity contribution is -0.305. The maximum atomic E-state index is 12.1. The SMILES string of the molecule is O=C([O-])CCCC(=O)Nc1nc2n(n1)[C@H](c1ccccc1Cl)C[C@H](c1ccccc1)N2. The van der Waals surface area contributed by atoms with Gasteiger partial charge >= 0.3 is 0 Å². The number of aliphatic carboxylic acids is 1. The number of carbonyl (C=O) groups is 2. The van der Waals surface area contributed by atoms with Crippen molar-refractivity contribution in [2.24, 2.45) is 0 Å². The minimum atomic E-state index is -1.18. The van der Waals surface area contributed by atoms with E-state index in [1.165, 1.54) is 0 Å². The maximum Gasteiger partial charge on any atom is 0.250 e. The third kappa shape index (κ3) is 4.86. The minimum absolute atomic E-state index is 0.00853. The molecule has 1 amide bonds. The van der Waals surface area contributed by atoms with Crippen LogP contribution in [0.25, 0.3) is 0 Å². The van der Waals surface area contributed by atoms with E-state index in [1.807, 2.05) is 54.6 Å². The largest absolute Gasteiger partial charge is 0.550 e. The fraction of sp³-hybridized carbons (Fsp3) is 0.273. The van der Waals surface area contributed by atoms with Gasteiger partial charge in [0.25, 0.3) is 5.95 Å². The molecule has 2 atom stereocenters. The lowest BCUT2D eigenvalue weighted by Gasteiger charge is -2.32. The van der Waals surface area contributed by atoms with Gasteiger partial charge in [0.15, 0.2) is 0 Å². The van der Waals surface area contributed by atoms with E-state index < -0.39 is 5.97 Å². The molecule has 0 fully saturated rings. The van der Waals surface area contributed by atoms with Crippen molar-refractivity contribution in [3.05, 3.63) is 70.7 Å². The summed E-state index contributed by atoms with van der Waals surface area (Å²) in [5, 5.41) is 21.7. The quantitative estimate of drug-likeness (QED) is 0.586. The van der Waals surface area contributed by atoms with Crippen molar-refractivity contribution < 1.29 is 14.7 Å². The zero-order valence-electron chi connectivity index (χ0n) is 16.6. The number of hydrogen-bond acceptors (Lipinski definition) is 6. The highest BCUT2D eigenvalue weighted by Crippen LogP contribution is 2.40. The van der Waals surface area contributed by atoms with Crippen molar-refractivity contribution in [1.29, 1.82) is 0 Å². The van der Waals surface area contributed by atoms with E-state index in [2.05, 4.69) is 20.7 Å². The number of carboxylic acids is 1. The Hall–Kier alpha value is -3.39. The van der Waals surface area contributed by atoms with Gasteiger partial charge in [-0.3, -0.25) is 10.1 Å². The third-order valence-electron chi connectivity index (χ3n) is 5.19. The van der Waals surface area contributed by atoms with Crippen molar-refractivity contribution in [3.8, 4) is 0 Å². The van der Waals surface area contributed by atoms with Crippen LogP contribution in [-0.2, 0) is 9.59 Å². The monoisotopic (exact) mass is 438 g/mol. The Kier molecular flexibility index (Phi) is 6.18. The highest BCUT2D eigenvalue weighted by molar-refractivity contribution is 6.31. The summed E-state index contributed by atoms with van der Waals surface area (Å²) in [5.41, 5.74) is 2.03. The number of carboxylic acid groups (broad SMARTS) is 1. The molecule has 2 aromatic carbocycles. The molecule has 0 radical (unpaired) electrons. The smallest absolute Gasteiger partial charge is 0.250 e. The predicted molar refractivity (Wildman–Crippen MR) is 115 cm³/mol. The highest BCUT2D eigenvalue weighted by atomic mass is 35.5. The van der Waals surface area contributed by atoms with Crippen LogP contribution < -0.4 is 15.7 Å². The van der Waals surface area contributed by atoms with Crippen LogP contribution in [0.5, 0.6) is 0 Å². The standard InChI is InChI=1S/C22H22ClN5O3/c23-16-10-5-4-9-15(16)18-13-17(14-7-2-1-3-8-14)24-22-26-21(27-28(18)22)25-19(29)11-6-12-20(30)31/h1-5,7-10,17-18H,6,11-13H2,(H,30,31)(H2,24,25,26,27,29)/p-1/t17-,18+/m1/s1. The Morgan fingerprint density at radius 3 is 2.61 bits per heavy atom. The molecule has 0 unspecified atom stereocenters. The first-order valence-corrected chi connectivity index (χ1v) is 10.4. The third-order valence-corrected chi connectivity index (χ3v) is 5.54. The molecule has 0 spiro atoms. The van der Waals surface area contributed by atoms with Crippen molar-refractivity contribution in [1.82, 2.24) is 14.8 Å².